The lowest BCUT2D eigenvalue weighted by Gasteiger charge is -2.25. The first-order valence-corrected chi connectivity index (χ1v) is 3.45. The Kier molecular flexibility index (Phi) is 4.17. The Morgan fingerprint density at radius 2 is 1.83 bits per heavy atom. The normalized spacial score (nSPS) is 13.2. The molecule has 70 valence electrons. The summed E-state index contributed by atoms with van der Waals surface area (Å²) in [5.74, 6) is 0. The van der Waals surface area contributed by atoms with E-state index in [9.17, 15) is 9.81 Å². The van der Waals surface area contributed by atoms with Crippen LogP contribution in [0, 0.1) is 15.2 Å². The van der Waals surface area contributed by atoms with Crippen LogP contribution in [0.5, 0.6) is 0 Å². The highest BCUT2D eigenvalue weighted by Crippen LogP contribution is 2.22. The van der Waals surface area contributed by atoms with Gasteiger partial charge in [0.25, 0.3) is 0 Å². The number of hydrogen-bond acceptors (Lipinski definition) is 6. The average molecular weight is 176 g/mol. The van der Waals surface area contributed by atoms with Crippen LogP contribution in [0.3, 0.4) is 0 Å². The Hall–Kier alpha value is -1.20. The molecule has 12 heavy (non-hydrogen) atoms. The molecular formula is C6H12N2O4. The summed E-state index contributed by atoms with van der Waals surface area (Å²) < 4.78 is 0. The molecule has 0 aromatic carbocycles. The lowest BCUT2D eigenvalue weighted by molar-refractivity contribution is -0.0700. The predicted molar refractivity (Wildman–Crippen MR) is 41.9 cm³/mol. The fraction of sp³-hybridized carbons (Fsp3) is 1.00. The van der Waals surface area contributed by atoms with Crippen molar-refractivity contribution in [3.63, 3.8) is 0 Å². The van der Waals surface area contributed by atoms with E-state index in [1.54, 1.807) is 0 Å². The van der Waals surface area contributed by atoms with Crippen molar-refractivity contribution < 1.29 is 9.68 Å². The Labute approximate surface area is 70.1 Å². The van der Waals surface area contributed by atoms with Gasteiger partial charge < -0.3 is 9.68 Å². The first-order valence-electron chi connectivity index (χ1n) is 3.45. The molecule has 0 heterocycles. The van der Waals surface area contributed by atoms with Gasteiger partial charge in [0.15, 0.2) is 23.4 Å². The largest absolute Gasteiger partial charge is 0.360 e. The van der Waals surface area contributed by atoms with Crippen LogP contribution in [0.15, 0.2) is 10.7 Å². The molecule has 0 fully saturated rings. The Morgan fingerprint density at radius 3 is 2.17 bits per heavy atom. The van der Waals surface area contributed by atoms with Gasteiger partial charge in [0, 0.05) is 5.41 Å². The van der Waals surface area contributed by atoms with Crippen LogP contribution in [-0.4, -0.2) is 12.7 Å². The summed E-state index contributed by atoms with van der Waals surface area (Å²) in [6.45, 7) is 5.42. The second-order valence-electron chi connectivity index (χ2n) is 3.40. The summed E-state index contributed by atoms with van der Waals surface area (Å²) in [6, 6.07) is 0. The molecule has 0 aliphatic rings. The molecular weight excluding hydrogens is 164 g/mol. The topological polar surface area (TPSA) is 77.3 Å². The number of nitrogens with zero attached hydrogens (tertiary/aromatic N) is 2. The van der Waals surface area contributed by atoms with Gasteiger partial charge in [-0.25, -0.2) is 0 Å². The van der Waals surface area contributed by atoms with E-state index in [1.807, 2.05) is 20.8 Å². The van der Waals surface area contributed by atoms with Crippen molar-refractivity contribution >= 4 is 0 Å². The monoisotopic (exact) mass is 176 g/mol. The zero-order valence-electron chi connectivity index (χ0n) is 7.31. The lowest BCUT2D eigenvalue weighted by Crippen LogP contribution is -2.31. The molecule has 0 aliphatic heterocycles. The predicted octanol–water partition coefficient (Wildman–Crippen LogP) is 1.80. The number of rotatable bonds is 5. The quantitative estimate of drug-likeness (QED) is 0.472. The minimum atomic E-state index is -0.562. The van der Waals surface area contributed by atoms with E-state index in [4.69, 9.17) is 0 Å². The van der Waals surface area contributed by atoms with Gasteiger partial charge >= 0.3 is 0 Å². The molecule has 1 atom stereocenters. The van der Waals surface area contributed by atoms with Crippen LogP contribution in [0.1, 0.15) is 20.8 Å². The highest BCUT2D eigenvalue weighted by atomic mass is 16.8. The zero-order chi connectivity index (χ0) is 9.61. The molecule has 0 bridgehead atoms. The molecule has 0 aromatic heterocycles. The van der Waals surface area contributed by atoms with E-state index in [0.717, 1.165) is 0 Å². The van der Waals surface area contributed by atoms with Crippen molar-refractivity contribution in [3.8, 4) is 0 Å². The summed E-state index contributed by atoms with van der Waals surface area (Å²) in [6.07, 6.45) is -0.562. The highest BCUT2D eigenvalue weighted by Gasteiger charge is 2.28. The Morgan fingerprint density at radius 1 is 1.25 bits per heavy atom. The maximum absolute atomic E-state index is 9.79. The van der Waals surface area contributed by atoms with E-state index < -0.39 is 6.10 Å². The molecule has 0 rings (SSSR count). The summed E-state index contributed by atoms with van der Waals surface area (Å²) in [5, 5.41) is 4.48. The molecule has 0 N–H and O–H groups in total. The summed E-state index contributed by atoms with van der Waals surface area (Å²) in [4.78, 5) is 28.1. The van der Waals surface area contributed by atoms with Crippen molar-refractivity contribution in [2.45, 2.75) is 26.9 Å². The lowest BCUT2D eigenvalue weighted by atomic mass is 9.90. The van der Waals surface area contributed by atoms with E-state index >= 15 is 0 Å². The van der Waals surface area contributed by atoms with E-state index in [2.05, 4.69) is 20.4 Å². The van der Waals surface area contributed by atoms with Crippen molar-refractivity contribution in [3.05, 3.63) is 9.81 Å². The molecule has 0 radical (unpaired) electrons. The van der Waals surface area contributed by atoms with E-state index in [1.165, 1.54) is 0 Å². The summed E-state index contributed by atoms with van der Waals surface area (Å²) in [5.41, 5.74) is -0.321. The molecule has 0 aromatic rings. The average Bonchev–Trinajstić information content (AvgIpc) is 1.95. The van der Waals surface area contributed by atoms with Gasteiger partial charge in [-0.3, -0.25) is 0 Å². The Bertz CT molecular complexity index is 154. The highest BCUT2D eigenvalue weighted by molar-refractivity contribution is 4.73. The third-order valence-electron chi connectivity index (χ3n) is 1.41. The van der Waals surface area contributed by atoms with Crippen LogP contribution in [0.25, 0.3) is 0 Å². The SMILES string of the molecule is CC(C)(C)C(CON=O)ON=O. The molecule has 0 saturated heterocycles. The van der Waals surface area contributed by atoms with Crippen LogP contribution in [0.2, 0.25) is 0 Å². The molecule has 0 spiro atoms. The zero-order valence-corrected chi connectivity index (χ0v) is 7.31. The van der Waals surface area contributed by atoms with Gasteiger partial charge in [0.05, 0.1) is 0 Å². The molecule has 6 heteroatoms. The second kappa shape index (κ2) is 4.63. The second-order valence-corrected chi connectivity index (χ2v) is 3.40. The van der Waals surface area contributed by atoms with Crippen molar-refractivity contribution in [2.24, 2.45) is 16.1 Å². The molecule has 6 nitrogen and oxygen atoms in total. The fourth-order valence-electron chi connectivity index (χ4n) is 0.589. The first kappa shape index (κ1) is 10.8. The van der Waals surface area contributed by atoms with Gasteiger partial charge in [0.2, 0.25) is 0 Å². The first-order chi connectivity index (χ1) is 5.52. The van der Waals surface area contributed by atoms with Gasteiger partial charge in [0.1, 0.15) is 0 Å². The number of hydrogen-bond donors (Lipinski definition) is 0. The maximum Gasteiger partial charge on any atom is 0.172 e. The molecule has 0 aliphatic carbocycles. The van der Waals surface area contributed by atoms with Crippen molar-refractivity contribution in [1.82, 2.24) is 0 Å². The van der Waals surface area contributed by atoms with Gasteiger partial charge in [-0.15, -0.1) is 9.81 Å². The minimum absolute atomic E-state index is 0.0707. The van der Waals surface area contributed by atoms with Crippen LogP contribution in [0.4, 0.5) is 0 Å². The molecule has 0 amide bonds. The van der Waals surface area contributed by atoms with Crippen molar-refractivity contribution in [1.29, 1.82) is 0 Å². The van der Waals surface area contributed by atoms with Crippen LogP contribution < -0.4 is 0 Å². The standard InChI is InChI=1S/C6H12N2O4/c1-6(2,3)5(12-8-10)4-11-7-9/h5H,4H2,1-3H3. The molecule has 0 saturated carbocycles. The summed E-state index contributed by atoms with van der Waals surface area (Å²) >= 11 is 0. The van der Waals surface area contributed by atoms with Crippen LogP contribution in [-0.2, 0) is 9.68 Å². The third kappa shape index (κ3) is 3.85. The van der Waals surface area contributed by atoms with Gasteiger partial charge in [-0.1, -0.05) is 20.8 Å². The van der Waals surface area contributed by atoms with Crippen molar-refractivity contribution in [2.75, 3.05) is 6.61 Å². The maximum atomic E-state index is 9.79. The smallest absolute Gasteiger partial charge is 0.172 e. The van der Waals surface area contributed by atoms with Gasteiger partial charge in [-0.2, -0.15) is 0 Å². The summed E-state index contributed by atoms with van der Waals surface area (Å²) in [7, 11) is 0. The van der Waals surface area contributed by atoms with E-state index in [-0.39, 0.29) is 12.0 Å². The fourth-order valence-corrected chi connectivity index (χ4v) is 0.589. The van der Waals surface area contributed by atoms with E-state index in [0.29, 0.717) is 0 Å². The minimum Gasteiger partial charge on any atom is -0.360 e. The molecule has 1 unspecified atom stereocenters. The van der Waals surface area contributed by atoms with Crippen LogP contribution >= 0.6 is 0 Å². The third-order valence-corrected chi connectivity index (χ3v) is 1.41. The Balaban J connectivity index is 4.02. The van der Waals surface area contributed by atoms with Gasteiger partial charge in [-0.05, 0) is 0 Å².